The van der Waals surface area contributed by atoms with Crippen LogP contribution in [0, 0.1) is 13.8 Å². The van der Waals surface area contributed by atoms with Gasteiger partial charge in [0.05, 0.1) is 11.7 Å². The summed E-state index contributed by atoms with van der Waals surface area (Å²) < 4.78 is 0. The number of hydrogen-bond donors (Lipinski definition) is 3. The summed E-state index contributed by atoms with van der Waals surface area (Å²) in [7, 11) is 1.59. The van der Waals surface area contributed by atoms with Crippen LogP contribution in [0.25, 0.3) is 0 Å². The molecule has 0 saturated carbocycles. The molecule has 1 aliphatic rings. The number of aromatic amines is 1. The van der Waals surface area contributed by atoms with Crippen molar-refractivity contribution in [1.82, 2.24) is 20.4 Å². The number of nitrogens with one attached hydrogen (secondary N) is 3. The van der Waals surface area contributed by atoms with Gasteiger partial charge in [-0.15, -0.1) is 0 Å². The van der Waals surface area contributed by atoms with Gasteiger partial charge in [0.25, 0.3) is 5.91 Å². The molecule has 0 spiro atoms. The first-order valence-electron chi connectivity index (χ1n) is 8.42. The average molecular weight is 341 g/mol. The molecular formula is C18H23N5O2. The van der Waals surface area contributed by atoms with Crippen molar-refractivity contribution in [3.63, 3.8) is 0 Å². The number of hydrogen-bond acceptors (Lipinski definition) is 3. The Morgan fingerprint density at radius 1 is 1.24 bits per heavy atom. The fourth-order valence-electron chi connectivity index (χ4n) is 3.41. The second kappa shape index (κ2) is 6.96. The summed E-state index contributed by atoms with van der Waals surface area (Å²) in [4.78, 5) is 26.2. The molecule has 0 unspecified atom stereocenters. The van der Waals surface area contributed by atoms with Crippen molar-refractivity contribution >= 4 is 17.6 Å². The molecule has 0 radical (unpaired) electrons. The zero-order valence-corrected chi connectivity index (χ0v) is 14.7. The van der Waals surface area contributed by atoms with Gasteiger partial charge < -0.3 is 15.5 Å². The van der Waals surface area contributed by atoms with Gasteiger partial charge in [0.1, 0.15) is 0 Å². The summed E-state index contributed by atoms with van der Waals surface area (Å²) in [6.07, 6.45) is 1.90. The molecule has 1 atom stereocenters. The normalized spacial score (nSPS) is 16.8. The van der Waals surface area contributed by atoms with Gasteiger partial charge in [0.2, 0.25) is 0 Å². The quantitative estimate of drug-likeness (QED) is 0.802. The van der Waals surface area contributed by atoms with Crippen molar-refractivity contribution in [2.45, 2.75) is 32.7 Å². The number of nitrogens with zero attached hydrogens (tertiary/aromatic N) is 2. The number of carbonyl (C=O) groups is 2. The van der Waals surface area contributed by atoms with Crippen LogP contribution in [-0.4, -0.2) is 40.6 Å². The van der Waals surface area contributed by atoms with Gasteiger partial charge in [0.15, 0.2) is 0 Å². The van der Waals surface area contributed by atoms with E-state index in [-0.39, 0.29) is 18.0 Å². The van der Waals surface area contributed by atoms with Gasteiger partial charge in [-0.3, -0.25) is 9.89 Å². The summed E-state index contributed by atoms with van der Waals surface area (Å²) in [6.45, 7) is 4.67. The zero-order chi connectivity index (χ0) is 18.0. The number of aryl methyl sites for hydroxylation is 2. The lowest BCUT2D eigenvalue weighted by Gasteiger charge is -2.25. The molecule has 1 aromatic carbocycles. The van der Waals surface area contributed by atoms with Crippen LogP contribution in [-0.2, 0) is 0 Å². The van der Waals surface area contributed by atoms with Crippen molar-refractivity contribution in [2.75, 3.05) is 18.9 Å². The van der Waals surface area contributed by atoms with E-state index in [9.17, 15) is 9.59 Å². The molecule has 3 amide bonds. The maximum Gasteiger partial charge on any atom is 0.322 e. The summed E-state index contributed by atoms with van der Waals surface area (Å²) in [6, 6.07) is 6.78. The monoisotopic (exact) mass is 341 g/mol. The smallest absolute Gasteiger partial charge is 0.322 e. The number of benzene rings is 1. The lowest BCUT2D eigenvalue weighted by Crippen LogP contribution is -2.34. The molecule has 7 heteroatoms. The Hall–Kier alpha value is -2.83. The van der Waals surface area contributed by atoms with Crippen molar-refractivity contribution in [1.29, 1.82) is 0 Å². The minimum atomic E-state index is -0.150. The maximum absolute atomic E-state index is 12.7. The average Bonchev–Trinajstić information content (AvgIpc) is 3.21. The van der Waals surface area contributed by atoms with Gasteiger partial charge in [-0.25, -0.2) is 4.79 Å². The Bertz CT molecular complexity index is 762. The number of urea groups is 1. The third kappa shape index (κ3) is 3.35. The van der Waals surface area contributed by atoms with E-state index < -0.39 is 0 Å². The fourth-order valence-corrected chi connectivity index (χ4v) is 3.41. The number of carbonyl (C=O) groups excluding carboxylic acids is 2. The Morgan fingerprint density at radius 2 is 1.96 bits per heavy atom. The van der Waals surface area contributed by atoms with Gasteiger partial charge in [-0.1, -0.05) is 0 Å². The first kappa shape index (κ1) is 17.0. The largest absolute Gasteiger partial charge is 0.355 e. The molecule has 0 aliphatic carbocycles. The van der Waals surface area contributed by atoms with Gasteiger partial charge in [0, 0.05) is 36.1 Å². The first-order valence-corrected chi connectivity index (χ1v) is 8.42. The van der Waals surface area contributed by atoms with Gasteiger partial charge in [-0.2, -0.15) is 5.10 Å². The molecule has 1 aromatic heterocycles. The number of aromatic nitrogens is 2. The molecule has 3 rings (SSSR count). The van der Waals surface area contributed by atoms with Crippen LogP contribution in [0.1, 0.15) is 46.2 Å². The molecule has 7 nitrogen and oxygen atoms in total. The van der Waals surface area contributed by atoms with Crippen molar-refractivity contribution in [2.24, 2.45) is 0 Å². The van der Waals surface area contributed by atoms with E-state index in [1.807, 2.05) is 18.7 Å². The second-order valence-corrected chi connectivity index (χ2v) is 6.29. The molecule has 1 saturated heterocycles. The van der Waals surface area contributed by atoms with E-state index in [0.717, 1.165) is 36.3 Å². The molecule has 3 N–H and O–H groups in total. The Balaban J connectivity index is 1.73. The lowest BCUT2D eigenvalue weighted by molar-refractivity contribution is 0.0963. The van der Waals surface area contributed by atoms with Gasteiger partial charge in [-0.05, 0) is 51.0 Å². The summed E-state index contributed by atoms with van der Waals surface area (Å²) in [5.74, 6) is -0.150. The van der Waals surface area contributed by atoms with Crippen molar-refractivity contribution in [3.8, 4) is 0 Å². The summed E-state index contributed by atoms with van der Waals surface area (Å²) in [5, 5.41) is 12.7. The van der Waals surface area contributed by atoms with Crippen LogP contribution in [0.4, 0.5) is 10.5 Å². The summed E-state index contributed by atoms with van der Waals surface area (Å²) >= 11 is 0. The maximum atomic E-state index is 12.7. The predicted octanol–water partition coefficient (Wildman–Crippen LogP) is 2.76. The molecule has 0 bridgehead atoms. The molecular weight excluding hydrogens is 318 g/mol. The minimum Gasteiger partial charge on any atom is -0.355 e. The number of likely N-dealkylation sites (tertiary alicyclic amines) is 1. The highest BCUT2D eigenvalue weighted by Gasteiger charge is 2.33. The molecule has 25 heavy (non-hydrogen) atoms. The molecule has 2 aromatic rings. The van der Waals surface area contributed by atoms with E-state index in [4.69, 9.17) is 0 Å². The van der Waals surface area contributed by atoms with E-state index in [1.165, 1.54) is 0 Å². The predicted molar refractivity (Wildman–Crippen MR) is 95.6 cm³/mol. The highest BCUT2D eigenvalue weighted by atomic mass is 16.2. The standard InChI is InChI=1S/C18H23N5O2/c1-11-16(12(2)22-21-11)15-5-4-10-23(15)18(25)20-14-8-6-13(7-9-14)17(24)19-3/h6-9,15H,4-5,10H2,1-3H3,(H,19,24)(H,20,25)(H,21,22)/t15-/m1/s1. The number of H-pyrrole nitrogens is 1. The lowest BCUT2D eigenvalue weighted by atomic mass is 10.0. The third-order valence-corrected chi connectivity index (χ3v) is 4.66. The Morgan fingerprint density at radius 3 is 2.56 bits per heavy atom. The van der Waals surface area contributed by atoms with E-state index in [2.05, 4.69) is 20.8 Å². The Labute approximate surface area is 146 Å². The Kier molecular flexibility index (Phi) is 4.74. The van der Waals surface area contributed by atoms with Crippen LogP contribution in [0.2, 0.25) is 0 Å². The molecule has 2 heterocycles. The highest BCUT2D eigenvalue weighted by Crippen LogP contribution is 2.35. The van der Waals surface area contributed by atoms with E-state index in [1.54, 1.807) is 31.3 Å². The topological polar surface area (TPSA) is 90.1 Å². The number of anilines is 1. The van der Waals surface area contributed by atoms with Crippen LogP contribution < -0.4 is 10.6 Å². The van der Waals surface area contributed by atoms with Crippen molar-refractivity contribution < 1.29 is 9.59 Å². The van der Waals surface area contributed by atoms with Crippen LogP contribution in [0.5, 0.6) is 0 Å². The fraction of sp³-hybridized carbons (Fsp3) is 0.389. The van der Waals surface area contributed by atoms with Crippen LogP contribution >= 0.6 is 0 Å². The molecule has 132 valence electrons. The molecule has 1 fully saturated rings. The van der Waals surface area contributed by atoms with Crippen molar-refractivity contribution in [3.05, 3.63) is 46.8 Å². The number of rotatable bonds is 3. The first-order chi connectivity index (χ1) is 12.0. The van der Waals surface area contributed by atoms with Crippen LogP contribution in [0.15, 0.2) is 24.3 Å². The zero-order valence-electron chi connectivity index (χ0n) is 14.7. The minimum absolute atomic E-state index is 0.0453. The third-order valence-electron chi connectivity index (χ3n) is 4.66. The van der Waals surface area contributed by atoms with E-state index >= 15 is 0 Å². The summed E-state index contributed by atoms with van der Waals surface area (Å²) in [5.41, 5.74) is 4.30. The number of amides is 3. The van der Waals surface area contributed by atoms with Crippen LogP contribution in [0.3, 0.4) is 0 Å². The highest BCUT2D eigenvalue weighted by molar-refractivity contribution is 5.95. The second-order valence-electron chi connectivity index (χ2n) is 6.29. The molecule has 1 aliphatic heterocycles. The SMILES string of the molecule is CNC(=O)c1ccc(NC(=O)N2CCC[C@@H]2c2c(C)n[nH]c2C)cc1. The van der Waals surface area contributed by atoms with E-state index in [0.29, 0.717) is 11.3 Å². The van der Waals surface area contributed by atoms with Gasteiger partial charge >= 0.3 is 6.03 Å².